The molecule has 2 aromatic carbocycles. The summed E-state index contributed by atoms with van der Waals surface area (Å²) in [5.74, 6) is 0.328. The van der Waals surface area contributed by atoms with Crippen LogP contribution in [0, 0.1) is 13.8 Å². The first-order valence-electron chi connectivity index (χ1n) is 9.03. The second kappa shape index (κ2) is 8.90. The van der Waals surface area contributed by atoms with Crippen LogP contribution < -0.4 is 16.0 Å². The number of furan rings is 1. The Hall–Kier alpha value is -3.54. The van der Waals surface area contributed by atoms with E-state index in [1.54, 1.807) is 42.7 Å². The summed E-state index contributed by atoms with van der Waals surface area (Å²) in [6.07, 6.45) is 1.56. The highest BCUT2D eigenvalue weighted by molar-refractivity contribution is 5.96. The van der Waals surface area contributed by atoms with Gasteiger partial charge in [-0.1, -0.05) is 17.7 Å². The molecule has 0 saturated heterocycles. The third-order valence-corrected chi connectivity index (χ3v) is 4.26. The summed E-state index contributed by atoms with van der Waals surface area (Å²) in [4.78, 5) is 24.3. The Bertz CT molecular complexity index is 948. The van der Waals surface area contributed by atoms with Gasteiger partial charge in [0, 0.05) is 16.9 Å². The van der Waals surface area contributed by atoms with Gasteiger partial charge in [-0.15, -0.1) is 0 Å². The number of carbonyl (C=O) groups is 2. The van der Waals surface area contributed by atoms with Crippen LogP contribution in [0.3, 0.4) is 0 Å². The number of aryl methyl sites for hydroxylation is 2. The molecule has 0 saturated carbocycles. The maximum absolute atomic E-state index is 12.2. The van der Waals surface area contributed by atoms with Crippen molar-refractivity contribution in [3.63, 3.8) is 0 Å². The summed E-state index contributed by atoms with van der Waals surface area (Å²) in [6.45, 7) is 4.52. The number of rotatable bonds is 7. The molecular weight excluding hydrogens is 354 g/mol. The molecule has 3 N–H and O–H groups in total. The fourth-order valence-electron chi connectivity index (χ4n) is 2.78. The average Bonchev–Trinajstić information content (AvgIpc) is 3.19. The summed E-state index contributed by atoms with van der Waals surface area (Å²) in [5.41, 5.74) is 4.36. The lowest BCUT2D eigenvalue weighted by molar-refractivity contribution is -0.114. The van der Waals surface area contributed by atoms with Crippen LogP contribution in [0.1, 0.15) is 27.2 Å². The molecule has 1 aromatic heterocycles. The van der Waals surface area contributed by atoms with E-state index in [-0.39, 0.29) is 18.4 Å². The smallest absolute Gasteiger partial charge is 0.251 e. The highest BCUT2D eigenvalue weighted by Crippen LogP contribution is 2.16. The predicted octanol–water partition coefficient (Wildman–Crippen LogP) is 3.88. The zero-order valence-electron chi connectivity index (χ0n) is 15.9. The highest BCUT2D eigenvalue weighted by atomic mass is 16.3. The van der Waals surface area contributed by atoms with Gasteiger partial charge >= 0.3 is 0 Å². The standard InChI is InChI=1S/C22H23N3O3/c1-15-5-10-20(16(2)12-15)23-14-21(26)25-18-8-6-17(7-9-18)22(27)24-13-19-4-3-11-28-19/h3-12,23H,13-14H2,1-2H3,(H,24,27)(H,25,26). The van der Waals surface area contributed by atoms with E-state index < -0.39 is 0 Å². The van der Waals surface area contributed by atoms with Crippen LogP contribution in [0.25, 0.3) is 0 Å². The molecule has 6 heteroatoms. The van der Waals surface area contributed by atoms with Gasteiger partial charge < -0.3 is 20.4 Å². The van der Waals surface area contributed by atoms with Gasteiger partial charge in [-0.2, -0.15) is 0 Å². The van der Waals surface area contributed by atoms with Gasteiger partial charge in [-0.25, -0.2) is 0 Å². The summed E-state index contributed by atoms with van der Waals surface area (Å²) in [5, 5.41) is 8.73. The molecule has 0 unspecified atom stereocenters. The molecule has 1 heterocycles. The lowest BCUT2D eigenvalue weighted by Gasteiger charge is -2.11. The van der Waals surface area contributed by atoms with Crippen molar-refractivity contribution in [2.45, 2.75) is 20.4 Å². The minimum absolute atomic E-state index is 0.157. The molecule has 0 aliphatic carbocycles. The lowest BCUT2D eigenvalue weighted by atomic mass is 10.1. The van der Waals surface area contributed by atoms with Crippen molar-refractivity contribution in [1.29, 1.82) is 0 Å². The molecule has 2 amide bonds. The highest BCUT2D eigenvalue weighted by Gasteiger charge is 2.08. The molecule has 0 aliphatic heterocycles. The zero-order valence-corrected chi connectivity index (χ0v) is 15.9. The zero-order chi connectivity index (χ0) is 19.9. The number of hydrogen-bond acceptors (Lipinski definition) is 4. The van der Waals surface area contributed by atoms with E-state index in [1.807, 2.05) is 26.0 Å². The second-order valence-electron chi connectivity index (χ2n) is 6.56. The molecule has 0 radical (unpaired) electrons. The van der Waals surface area contributed by atoms with Crippen molar-refractivity contribution in [1.82, 2.24) is 5.32 Å². The molecule has 0 bridgehead atoms. The first kappa shape index (κ1) is 19.2. The average molecular weight is 377 g/mol. The molecule has 6 nitrogen and oxygen atoms in total. The van der Waals surface area contributed by atoms with Gasteiger partial charge in [0.05, 0.1) is 19.4 Å². The SMILES string of the molecule is Cc1ccc(NCC(=O)Nc2ccc(C(=O)NCc3ccco3)cc2)c(C)c1. The van der Waals surface area contributed by atoms with E-state index in [9.17, 15) is 9.59 Å². The van der Waals surface area contributed by atoms with Crippen molar-refractivity contribution in [3.8, 4) is 0 Å². The molecule has 28 heavy (non-hydrogen) atoms. The van der Waals surface area contributed by atoms with Crippen molar-refractivity contribution < 1.29 is 14.0 Å². The molecule has 0 atom stereocenters. The number of anilines is 2. The molecule has 3 rings (SSSR count). The monoisotopic (exact) mass is 377 g/mol. The number of amides is 2. The lowest BCUT2D eigenvalue weighted by Crippen LogP contribution is -2.23. The summed E-state index contributed by atoms with van der Waals surface area (Å²) >= 11 is 0. The maximum atomic E-state index is 12.2. The summed E-state index contributed by atoms with van der Waals surface area (Å²) in [6, 6.07) is 16.4. The van der Waals surface area contributed by atoms with Crippen LogP contribution in [-0.2, 0) is 11.3 Å². The third kappa shape index (κ3) is 5.23. The van der Waals surface area contributed by atoms with E-state index in [4.69, 9.17) is 4.42 Å². The second-order valence-corrected chi connectivity index (χ2v) is 6.56. The van der Waals surface area contributed by atoms with Gasteiger partial charge in [0.15, 0.2) is 0 Å². The van der Waals surface area contributed by atoms with Crippen molar-refractivity contribution in [3.05, 3.63) is 83.3 Å². The number of hydrogen-bond donors (Lipinski definition) is 3. The minimum atomic E-state index is -0.203. The van der Waals surface area contributed by atoms with Crippen LogP contribution in [-0.4, -0.2) is 18.4 Å². The fourth-order valence-corrected chi connectivity index (χ4v) is 2.78. The van der Waals surface area contributed by atoms with Gasteiger partial charge in [0.25, 0.3) is 5.91 Å². The van der Waals surface area contributed by atoms with Crippen LogP contribution >= 0.6 is 0 Å². The Morgan fingerprint density at radius 2 is 1.79 bits per heavy atom. The van der Waals surface area contributed by atoms with Crippen LogP contribution in [0.2, 0.25) is 0 Å². The first-order chi connectivity index (χ1) is 13.5. The van der Waals surface area contributed by atoms with E-state index in [1.165, 1.54) is 5.56 Å². The molecule has 144 valence electrons. The molecule has 0 aliphatic rings. The third-order valence-electron chi connectivity index (χ3n) is 4.26. The minimum Gasteiger partial charge on any atom is -0.467 e. The van der Waals surface area contributed by atoms with Gasteiger partial charge in [-0.3, -0.25) is 9.59 Å². The van der Waals surface area contributed by atoms with Crippen LogP contribution in [0.15, 0.2) is 65.3 Å². The van der Waals surface area contributed by atoms with E-state index in [2.05, 4.69) is 22.0 Å². The number of carbonyl (C=O) groups excluding carboxylic acids is 2. The van der Waals surface area contributed by atoms with Gasteiger partial charge in [-0.05, 0) is 61.9 Å². The van der Waals surface area contributed by atoms with E-state index in [0.717, 1.165) is 11.3 Å². The summed E-state index contributed by atoms with van der Waals surface area (Å²) in [7, 11) is 0. The topological polar surface area (TPSA) is 83.4 Å². The van der Waals surface area contributed by atoms with Crippen LogP contribution in [0.4, 0.5) is 11.4 Å². The van der Waals surface area contributed by atoms with Crippen molar-refractivity contribution >= 4 is 23.2 Å². The Morgan fingerprint density at radius 1 is 1.00 bits per heavy atom. The van der Waals surface area contributed by atoms with E-state index in [0.29, 0.717) is 23.6 Å². The van der Waals surface area contributed by atoms with Crippen LogP contribution in [0.5, 0.6) is 0 Å². The molecule has 0 spiro atoms. The largest absolute Gasteiger partial charge is 0.467 e. The van der Waals surface area contributed by atoms with Crippen molar-refractivity contribution in [2.75, 3.05) is 17.2 Å². The van der Waals surface area contributed by atoms with Gasteiger partial charge in [0.1, 0.15) is 5.76 Å². The summed E-state index contributed by atoms with van der Waals surface area (Å²) < 4.78 is 5.18. The van der Waals surface area contributed by atoms with Gasteiger partial charge in [0.2, 0.25) is 5.91 Å². The Kier molecular flexibility index (Phi) is 6.11. The Morgan fingerprint density at radius 3 is 2.46 bits per heavy atom. The number of nitrogens with one attached hydrogen (secondary N) is 3. The predicted molar refractivity (Wildman–Crippen MR) is 109 cm³/mol. The normalized spacial score (nSPS) is 10.4. The van der Waals surface area contributed by atoms with Crippen molar-refractivity contribution in [2.24, 2.45) is 0 Å². The Labute approximate surface area is 164 Å². The van der Waals surface area contributed by atoms with E-state index >= 15 is 0 Å². The molecular formula is C22H23N3O3. The Balaban J connectivity index is 1.49. The molecule has 0 fully saturated rings. The maximum Gasteiger partial charge on any atom is 0.251 e. The molecule has 3 aromatic rings. The number of benzene rings is 2. The quantitative estimate of drug-likeness (QED) is 0.583. The first-order valence-corrected chi connectivity index (χ1v) is 9.03. The fraction of sp³-hybridized carbons (Fsp3) is 0.182.